The van der Waals surface area contributed by atoms with Crippen LogP contribution in [0.25, 0.3) is 0 Å². The molecule has 2 rings (SSSR count). The average Bonchev–Trinajstić information content (AvgIpc) is 3.00. The van der Waals surface area contributed by atoms with E-state index < -0.39 is 12.1 Å². The lowest BCUT2D eigenvalue weighted by Crippen LogP contribution is -2.28. The predicted octanol–water partition coefficient (Wildman–Crippen LogP) is 3.03. The van der Waals surface area contributed by atoms with Crippen LogP contribution < -0.4 is 0 Å². The van der Waals surface area contributed by atoms with Crippen molar-refractivity contribution in [3.8, 4) is 0 Å². The van der Waals surface area contributed by atoms with Crippen molar-refractivity contribution < 1.29 is 19.1 Å². The van der Waals surface area contributed by atoms with Crippen LogP contribution >= 0.6 is 0 Å². The second-order valence-electron chi connectivity index (χ2n) is 4.69. The SMILES string of the molecule is CCOC(=O)C=CC1=CCCN1C(=O)OCc1ccccc1. The van der Waals surface area contributed by atoms with Gasteiger partial charge in [-0.2, -0.15) is 0 Å². The molecule has 0 bridgehead atoms. The molecule has 0 atom stereocenters. The molecule has 5 nitrogen and oxygen atoms in total. The van der Waals surface area contributed by atoms with Gasteiger partial charge in [0, 0.05) is 18.3 Å². The maximum Gasteiger partial charge on any atom is 0.414 e. The Labute approximate surface area is 129 Å². The molecular formula is C17H19NO4. The van der Waals surface area contributed by atoms with Crippen LogP contribution in [0.4, 0.5) is 4.79 Å². The molecule has 116 valence electrons. The third kappa shape index (κ3) is 4.48. The quantitative estimate of drug-likeness (QED) is 0.619. The third-order valence-electron chi connectivity index (χ3n) is 3.12. The van der Waals surface area contributed by atoms with E-state index in [0.29, 0.717) is 18.8 Å². The van der Waals surface area contributed by atoms with Crippen molar-refractivity contribution in [2.24, 2.45) is 0 Å². The Morgan fingerprint density at radius 3 is 2.73 bits per heavy atom. The number of rotatable bonds is 5. The van der Waals surface area contributed by atoms with Crippen molar-refractivity contribution in [3.63, 3.8) is 0 Å². The minimum atomic E-state index is -0.423. The number of carbonyl (C=O) groups excluding carboxylic acids is 2. The van der Waals surface area contributed by atoms with Crippen LogP contribution in [0.5, 0.6) is 0 Å². The molecule has 22 heavy (non-hydrogen) atoms. The molecular weight excluding hydrogens is 282 g/mol. The molecule has 0 aromatic heterocycles. The van der Waals surface area contributed by atoms with Crippen molar-refractivity contribution in [3.05, 3.63) is 59.8 Å². The summed E-state index contributed by atoms with van der Waals surface area (Å²) in [5.41, 5.74) is 1.59. The first-order valence-corrected chi connectivity index (χ1v) is 7.24. The highest BCUT2D eigenvalue weighted by molar-refractivity contribution is 5.83. The van der Waals surface area contributed by atoms with E-state index in [1.54, 1.807) is 13.0 Å². The molecule has 1 aromatic carbocycles. The first kappa shape index (κ1) is 15.8. The second-order valence-corrected chi connectivity index (χ2v) is 4.69. The van der Waals surface area contributed by atoms with Gasteiger partial charge in [0.05, 0.1) is 6.61 Å². The lowest BCUT2D eigenvalue weighted by atomic mass is 10.2. The highest BCUT2D eigenvalue weighted by Gasteiger charge is 2.21. The zero-order valence-corrected chi connectivity index (χ0v) is 12.5. The van der Waals surface area contributed by atoms with E-state index in [9.17, 15) is 9.59 Å². The van der Waals surface area contributed by atoms with E-state index in [-0.39, 0.29) is 6.61 Å². The van der Waals surface area contributed by atoms with Crippen molar-refractivity contribution in [1.29, 1.82) is 0 Å². The zero-order valence-electron chi connectivity index (χ0n) is 12.5. The first-order valence-electron chi connectivity index (χ1n) is 7.24. The van der Waals surface area contributed by atoms with E-state index in [4.69, 9.17) is 9.47 Å². The molecule has 0 aliphatic carbocycles. The summed E-state index contributed by atoms with van der Waals surface area (Å²) in [6.45, 7) is 2.85. The number of nitrogens with zero attached hydrogens (tertiary/aromatic N) is 1. The van der Waals surface area contributed by atoms with Crippen LogP contribution in [0.1, 0.15) is 18.9 Å². The molecule has 1 heterocycles. The van der Waals surface area contributed by atoms with Gasteiger partial charge in [-0.15, -0.1) is 0 Å². The fourth-order valence-electron chi connectivity index (χ4n) is 2.08. The molecule has 0 spiro atoms. The summed E-state index contributed by atoms with van der Waals surface area (Å²) in [4.78, 5) is 24.9. The minimum absolute atomic E-state index is 0.227. The van der Waals surface area contributed by atoms with Gasteiger partial charge in [-0.25, -0.2) is 9.59 Å². The molecule has 0 radical (unpaired) electrons. The predicted molar refractivity (Wildman–Crippen MR) is 81.8 cm³/mol. The molecule has 0 saturated carbocycles. The monoisotopic (exact) mass is 301 g/mol. The molecule has 0 fully saturated rings. The normalized spacial score (nSPS) is 14.0. The highest BCUT2D eigenvalue weighted by Crippen LogP contribution is 2.18. The first-order chi connectivity index (χ1) is 10.7. The maximum atomic E-state index is 12.1. The van der Waals surface area contributed by atoms with Crippen LogP contribution in [-0.4, -0.2) is 30.1 Å². The average molecular weight is 301 g/mol. The van der Waals surface area contributed by atoms with Crippen molar-refractivity contribution >= 4 is 12.1 Å². The minimum Gasteiger partial charge on any atom is -0.463 e. The van der Waals surface area contributed by atoms with Gasteiger partial charge >= 0.3 is 12.1 Å². The number of hydrogen-bond acceptors (Lipinski definition) is 4. The summed E-state index contributed by atoms with van der Waals surface area (Å²) in [6, 6.07) is 9.50. The summed E-state index contributed by atoms with van der Waals surface area (Å²) in [5.74, 6) is -0.423. The van der Waals surface area contributed by atoms with E-state index in [1.807, 2.05) is 36.4 Å². The summed E-state index contributed by atoms with van der Waals surface area (Å²) in [5, 5.41) is 0. The molecule has 1 aromatic rings. The topological polar surface area (TPSA) is 55.8 Å². The van der Waals surface area contributed by atoms with Gasteiger partial charge in [0.25, 0.3) is 0 Å². The van der Waals surface area contributed by atoms with Crippen LogP contribution in [0, 0.1) is 0 Å². The van der Waals surface area contributed by atoms with Crippen LogP contribution in [0.3, 0.4) is 0 Å². The fraction of sp³-hybridized carbons (Fsp3) is 0.294. The van der Waals surface area contributed by atoms with E-state index in [2.05, 4.69) is 0 Å². The van der Waals surface area contributed by atoms with Gasteiger partial charge in [0.15, 0.2) is 0 Å². The second kappa shape index (κ2) is 8.02. The van der Waals surface area contributed by atoms with Crippen LogP contribution in [0.2, 0.25) is 0 Å². The third-order valence-corrected chi connectivity index (χ3v) is 3.12. The van der Waals surface area contributed by atoms with E-state index in [1.165, 1.54) is 11.0 Å². The Hall–Kier alpha value is -2.56. The van der Waals surface area contributed by atoms with Gasteiger partial charge in [0.2, 0.25) is 0 Å². The highest BCUT2D eigenvalue weighted by atomic mass is 16.6. The van der Waals surface area contributed by atoms with Gasteiger partial charge in [0.1, 0.15) is 6.61 Å². The Kier molecular flexibility index (Phi) is 5.77. The molecule has 0 saturated heterocycles. The number of benzene rings is 1. The van der Waals surface area contributed by atoms with Gasteiger partial charge in [-0.1, -0.05) is 36.4 Å². The summed E-state index contributed by atoms with van der Waals surface area (Å²) < 4.78 is 10.1. The Balaban J connectivity index is 1.89. The lowest BCUT2D eigenvalue weighted by Gasteiger charge is -2.18. The van der Waals surface area contributed by atoms with Crippen molar-refractivity contribution in [1.82, 2.24) is 4.90 Å². The molecule has 5 heteroatoms. The summed E-state index contributed by atoms with van der Waals surface area (Å²) in [6.07, 6.45) is 5.11. The number of allylic oxidation sites excluding steroid dienone is 1. The van der Waals surface area contributed by atoms with E-state index >= 15 is 0 Å². The number of ether oxygens (including phenoxy) is 2. The number of hydrogen-bond donors (Lipinski definition) is 0. The Bertz CT molecular complexity index is 578. The Morgan fingerprint density at radius 2 is 2.00 bits per heavy atom. The van der Waals surface area contributed by atoms with Gasteiger partial charge in [-0.05, 0) is 25.0 Å². The standard InChI is InChI=1S/C17H19NO4/c1-2-21-16(19)11-10-15-9-6-12-18(15)17(20)22-13-14-7-4-3-5-8-14/h3-5,7-11H,2,6,12-13H2,1H3. The van der Waals surface area contributed by atoms with Crippen LogP contribution in [-0.2, 0) is 20.9 Å². The molecule has 0 unspecified atom stereocenters. The number of carbonyl (C=O) groups is 2. The van der Waals surface area contributed by atoms with Crippen LogP contribution in [0.15, 0.2) is 54.3 Å². The smallest absolute Gasteiger partial charge is 0.414 e. The van der Waals surface area contributed by atoms with Gasteiger partial charge in [-0.3, -0.25) is 4.90 Å². The molecule has 0 N–H and O–H groups in total. The number of amides is 1. The fourth-order valence-corrected chi connectivity index (χ4v) is 2.08. The molecule has 1 aliphatic rings. The summed E-state index contributed by atoms with van der Waals surface area (Å²) >= 11 is 0. The Morgan fingerprint density at radius 1 is 1.23 bits per heavy atom. The van der Waals surface area contributed by atoms with Gasteiger partial charge < -0.3 is 9.47 Å². The van der Waals surface area contributed by atoms with E-state index in [0.717, 1.165) is 12.0 Å². The van der Waals surface area contributed by atoms with Crippen molar-refractivity contribution in [2.45, 2.75) is 20.0 Å². The lowest BCUT2D eigenvalue weighted by molar-refractivity contribution is -0.137. The largest absolute Gasteiger partial charge is 0.463 e. The molecule has 1 aliphatic heterocycles. The maximum absolute atomic E-state index is 12.1. The van der Waals surface area contributed by atoms with Crippen molar-refractivity contribution in [2.75, 3.05) is 13.2 Å². The number of esters is 1. The summed E-state index contributed by atoms with van der Waals surface area (Å²) in [7, 11) is 0. The zero-order chi connectivity index (χ0) is 15.8. The molecule has 1 amide bonds.